The predicted molar refractivity (Wildman–Crippen MR) is 40.7 cm³/mol. The van der Waals surface area contributed by atoms with Crippen LogP contribution in [0.1, 0.15) is 6.42 Å². The van der Waals surface area contributed by atoms with Gasteiger partial charge in [0.05, 0.1) is 6.61 Å². The Kier molecular flexibility index (Phi) is 3.00. The monoisotopic (exact) mass is 199 g/mol. The number of rotatable bonds is 3. The maximum atomic E-state index is 12.0. The Balaban J connectivity index is 2.49. The molecular formula is C6H11F2NO2S. The molecule has 0 aromatic heterocycles. The molecule has 0 aromatic rings. The SMILES string of the molecule is N=S(=O)(CC1CCOC1)C(F)F. The highest BCUT2D eigenvalue weighted by atomic mass is 32.2. The van der Waals surface area contributed by atoms with Gasteiger partial charge in [0.25, 0.3) is 0 Å². The Bertz CT molecular complexity index is 234. The van der Waals surface area contributed by atoms with Gasteiger partial charge in [0.1, 0.15) is 9.73 Å². The summed E-state index contributed by atoms with van der Waals surface area (Å²) >= 11 is 0. The molecule has 1 rings (SSSR count). The quantitative estimate of drug-likeness (QED) is 0.744. The topological polar surface area (TPSA) is 50.2 Å². The van der Waals surface area contributed by atoms with Crippen LogP contribution in [0.15, 0.2) is 0 Å². The predicted octanol–water partition coefficient (Wildman–Crippen LogP) is 1.29. The normalized spacial score (nSPS) is 29.1. The van der Waals surface area contributed by atoms with Crippen LogP contribution in [0.5, 0.6) is 0 Å². The van der Waals surface area contributed by atoms with Gasteiger partial charge in [-0.1, -0.05) is 0 Å². The minimum absolute atomic E-state index is 0.121. The van der Waals surface area contributed by atoms with Gasteiger partial charge in [0, 0.05) is 12.4 Å². The van der Waals surface area contributed by atoms with Crippen LogP contribution in [0.4, 0.5) is 8.78 Å². The number of nitrogens with one attached hydrogen (secondary N) is 1. The Morgan fingerprint density at radius 3 is 2.75 bits per heavy atom. The van der Waals surface area contributed by atoms with E-state index in [1.165, 1.54) is 0 Å². The highest BCUT2D eigenvalue weighted by Gasteiger charge is 2.26. The lowest BCUT2D eigenvalue weighted by atomic mass is 10.2. The second kappa shape index (κ2) is 3.66. The van der Waals surface area contributed by atoms with Crippen molar-refractivity contribution in [3.8, 4) is 0 Å². The van der Waals surface area contributed by atoms with E-state index in [1.54, 1.807) is 0 Å². The highest BCUT2D eigenvalue weighted by molar-refractivity contribution is 7.92. The molecule has 1 saturated heterocycles. The summed E-state index contributed by atoms with van der Waals surface area (Å²) in [6.45, 7) is 0.895. The third-order valence-corrected chi connectivity index (χ3v) is 3.34. The molecular weight excluding hydrogens is 188 g/mol. The second-order valence-electron chi connectivity index (χ2n) is 2.88. The number of ether oxygens (including phenoxy) is 1. The smallest absolute Gasteiger partial charge is 0.318 e. The molecule has 1 N–H and O–H groups in total. The maximum absolute atomic E-state index is 12.0. The molecule has 0 saturated carbocycles. The van der Waals surface area contributed by atoms with Gasteiger partial charge in [0.2, 0.25) is 0 Å². The molecule has 12 heavy (non-hydrogen) atoms. The van der Waals surface area contributed by atoms with Crippen LogP contribution in [0.25, 0.3) is 0 Å². The zero-order valence-electron chi connectivity index (χ0n) is 6.46. The van der Waals surface area contributed by atoms with E-state index in [0.717, 1.165) is 0 Å². The molecule has 1 heterocycles. The average Bonchev–Trinajstić information content (AvgIpc) is 2.38. The average molecular weight is 199 g/mol. The maximum Gasteiger partial charge on any atom is 0.318 e. The Morgan fingerprint density at radius 2 is 2.33 bits per heavy atom. The summed E-state index contributed by atoms with van der Waals surface area (Å²) < 4.78 is 46.6. The first-order valence-corrected chi connectivity index (χ1v) is 5.42. The largest absolute Gasteiger partial charge is 0.381 e. The van der Waals surface area contributed by atoms with Crippen molar-refractivity contribution in [1.29, 1.82) is 4.78 Å². The summed E-state index contributed by atoms with van der Waals surface area (Å²) in [5.41, 5.74) is 0. The fourth-order valence-corrected chi connectivity index (χ4v) is 2.25. The standard InChI is InChI=1S/C6H11F2NO2S/c7-6(8)12(9,10)4-5-1-2-11-3-5/h5-6,9H,1-4H2. The van der Waals surface area contributed by atoms with Crippen molar-refractivity contribution in [2.45, 2.75) is 12.2 Å². The van der Waals surface area contributed by atoms with Crippen molar-refractivity contribution >= 4 is 9.73 Å². The van der Waals surface area contributed by atoms with Gasteiger partial charge in [-0.05, 0) is 12.3 Å². The zero-order valence-corrected chi connectivity index (χ0v) is 7.28. The van der Waals surface area contributed by atoms with E-state index in [4.69, 9.17) is 9.52 Å². The van der Waals surface area contributed by atoms with Gasteiger partial charge < -0.3 is 4.74 Å². The van der Waals surface area contributed by atoms with E-state index in [1.807, 2.05) is 0 Å². The summed E-state index contributed by atoms with van der Waals surface area (Å²) in [5.74, 6) is -3.38. The Morgan fingerprint density at radius 1 is 1.67 bits per heavy atom. The fourth-order valence-electron chi connectivity index (χ4n) is 1.14. The lowest BCUT2D eigenvalue weighted by molar-refractivity contribution is 0.188. The van der Waals surface area contributed by atoms with Gasteiger partial charge in [-0.3, -0.25) is 0 Å². The molecule has 0 aliphatic carbocycles. The van der Waals surface area contributed by atoms with E-state index in [2.05, 4.69) is 0 Å². The Hall–Kier alpha value is -0.230. The molecule has 6 heteroatoms. The summed E-state index contributed by atoms with van der Waals surface area (Å²) in [6, 6.07) is 0. The van der Waals surface area contributed by atoms with Crippen LogP contribution in [0, 0.1) is 10.7 Å². The molecule has 0 bridgehead atoms. The number of halogens is 2. The zero-order chi connectivity index (χ0) is 9.19. The Labute approximate surface area is 70.1 Å². The van der Waals surface area contributed by atoms with Gasteiger partial charge in [-0.25, -0.2) is 8.99 Å². The van der Waals surface area contributed by atoms with Crippen molar-refractivity contribution < 1.29 is 17.7 Å². The molecule has 1 fully saturated rings. The number of hydrogen-bond donors (Lipinski definition) is 1. The van der Waals surface area contributed by atoms with Crippen LogP contribution < -0.4 is 0 Å². The summed E-state index contributed by atoms with van der Waals surface area (Å²) in [6.07, 6.45) is 0.641. The van der Waals surface area contributed by atoms with Crippen LogP contribution >= 0.6 is 0 Å². The molecule has 0 amide bonds. The molecule has 0 aromatic carbocycles. The minimum Gasteiger partial charge on any atom is -0.381 e. The fraction of sp³-hybridized carbons (Fsp3) is 1.00. The third kappa shape index (κ3) is 2.38. The molecule has 2 atom stereocenters. The summed E-state index contributed by atoms with van der Waals surface area (Å²) in [5, 5.41) is 0. The van der Waals surface area contributed by atoms with Gasteiger partial charge >= 0.3 is 5.76 Å². The first-order chi connectivity index (χ1) is 5.52. The highest BCUT2D eigenvalue weighted by Crippen LogP contribution is 2.18. The van der Waals surface area contributed by atoms with E-state index in [-0.39, 0.29) is 11.7 Å². The summed E-state index contributed by atoms with van der Waals surface area (Å²) in [7, 11) is -3.69. The molecule has 2 unspecified atom stereocenters. The molecule has 3 nitrogen and oxygen atoms in total. The van der Waals surface area contributed by atoms with Crippen molar-refractivity contribution in [3.63, 3.8) is 0 Å². The first-order valence-electron chi connectivity index (χ1n) is 3.63. The third-order valence-electron chi connectivity index (χ3n) is 1.80. The van der Waals surface area contributed by atoms with Crippen LogP contribution in [0.3, 0.4) is 0 Å². The van der Waals surface area contributed by atoms with E-state index < -0.39 is 15.5 Å². The van der Waals surface area contributed by atoms with E-state index in [0.29, 0.717) is 19.6 Å². The van der Waals surface area contributed by atoms with Gasteiger partial charge in [0.15, 0.2) is 0 Å². The van der Waals surface area contributed by atoms with Gasteiger partial charge in [-0.2, -0.15) is 8.78 Å². The van der Waals surface area contributed by atoms with Crippen molar-refractivity contribution in [2.24, 2.45) is 5.92 Å². The van der Waals surface area contributed by atoms with Crippen LogP contribution in [0.2, 0.25) is 0 Å². The summed E-state index contributed by atoms with van der Waals surface area (Å²) in [4.78, 5) is 0. The number of hydrogen-bond acceptors (Lipinski definition) is 3. The lowest BCUT2D eigenvalue weighted by Crippen LogP contribution is -2.20. The lowest BCUT2D eigenvalue weighted by Gasteiger charge is -2.09. The van der Waals surface area contributed by atoms with Crippen molar-refractivity contribution in [3.05, 3.63) is 0 Å². The van der Waals surface area contributed by atoms with Gasteiger partial charge in [-0.15, -0.1) is 0 Å². The van der Waals surface area contributed by atoms with E-state index in [9.17, 15) is 13.0 Å². The van der Waals surface area contributed by atoms with Crippen molar-refractivity contribution in [2.75, 3.05) is 19.0 Å². The second-order valence-corrected chi connectivity index (χ2v) is 5.03. The first kappa shape index (κ1) is 9.85. The molecule has 0 radical (unpaired) electrons. The molecule has 0 spiro atoms. The van der Waals surface area contributed by atoms with Crippen LogP contribution in [-0.2, 0) is 14.5 Å². The molecule has 1 aliphatic rings. The van der Waals surface area contributed by atoms with E-state index >= 15 is 0 Å². The number of alkyl halides is 2. The molecule has 72 valence electrons. The van der Waals surface area contributed by atoms with Crippen LogP contribution in [-0.4, -0.2) is 28.9 Å². The minimum atomic E-state index is -3.69. The van der Waals surface area contributed by atoms with Crippen molar-refractivity contribution in [1.82, 2.24) is 0 Å². The molecule has 1 aliphatic heterocycles.